The molecule has 2 unspecified atom stereocenters. The minimum absolute atomic E-state index is 0.177. The maximum atomic E-state index is 6.08. The molecule has 0 saturated carbocycles. The summed E-state index contributed by atoms with van der Waals surface area (Å²) in [4.78, 5) is 4.40. The zero-order valence-electron chi connectivity index (χ0n) is 11.8. The van der Waals surface area contributed by atoms with Crippen LogP contribution in [0.2, 0.25) is 0 Å². The van der Waals surface area contributed by atoms with E-state index in [9.17, 15) is 0 Å². The van der Waals surface area contributed by atoms with Crippen molar-refractivity contribution < 1.29 is 4.52 Å². The summed E-state index contributed by atoms with van der Waals surface area (Å²) in [6.07, 6.45) is 1.68. The first-order valence-electron chi connectivity index (χ1n) is 6.73. The molecule has 1 aromatic carbocycles. The summed E-state index contributed by atoms with van der Waals surface area (Å²) in [6, 6.07) is 8.13. The number of nitrogens with zero attached hydrogens (tertiary/aromatic N) is 2. The summed E-state index contributed by atoms with van der Waals surface area (Å²) in [5.74, 6) is 1.57. The van der Waals surface area contributed by atoms with E-state index in [4.69, 9.17) is 10.3 Å². The highest BCUT2D eigenvalue weighted by Crippen LogP contribution is 2.20. The number of nitrogens with two attached hydrogens (primary N) is 1. The van der Waals surface area contributed by atoms with Crippen LogP contribution in [0.4, 0.5) is 0 Å². The molecule has 0 aliphatic rings. The predicted molar refractivity (Wildman–Crippen MR) is 74.7 cm³/mol. The standard InChI is InChI=1S/C15H21N3O/c1-4-11(3)14(16)15-17-13(18-19-15)9-12-7-5-6-10(2)8-12/h5-8,11,14H,4,9,16H2,1-3H3. The van der Waals surface area contributed by atoms with E-state index in [0.29, 0.717) is 24.1 Å². The zero-order valence-corrected chi connectivity index (χ0v) is 11.8. The second-order valence-corrected chi connectivity index (χ2v) is 5.13. The van der Waals surface area contributed by atoms with Crippen LogP contribution in [0.3, 0.4) is 0 Å². The number of benzene rings is 1. The van der Waals surface area contributed by atoms with Crippen LogP contribution in [0, 0.1) is 12.8 Å². The molecule has 19 heavy (non-hydrogen) atoms. The Balaban J connectivity index is 2.09. The van der Waals surface area contributed by atoms with Gasteiger partial charge in [0.05, 0.1) is 6.04 Å². The lowest BCUT2D eigenvalue weighted by molar-refractivity contribution is 0.310. The van der Waals surface area contributed by atoms with Crippen molar-refractivity contribution in [1.82, 2.24) is 10.1 Å². The molecule has 0 amide bonds. The molecule has 0 saturated heterocycles. The Morgan fingerprint density at radius 3 is 2.84 bits per heavy atom. The zero-order chi connectivity index (χ0) is 13.8. The second-order valence-electron chi connectivity index (χ2n) is 5.13. The number of rotatable bonds is 5. The summed E-state index contributed by atoms with van der Waals surface area (Å²) < 4.78 is 5.27. The fourth-order valence-electron chi connectivity index (χ4n) is 1.98. The van der Waals surface area contributed by atoms with E-state index >= 15 is 0 Å². The van der Waals surface area contributed by atoms with E-state index in [0.717, 1.165) is 6.42 Å². The molecular weight excluding hydrogens is 238 g/mol. The van der Waals surface area contributed by atoms with Gasteiger partial charge in [0, 0.05) is 6.42 Å². The third-order valence-electron chi connectivity index (χ3n) is 3.47. The van der Waals surface area contributed by atoms with Gasteiger partial charge in [0.1, 0.15) is 0 Å². The Kier molecular flexibility index (Phi) is 4.32. The summed E-state index contributed by atoms with van der Waals surface area (Å²) in [6.45, 7) is 6.27. The van der Waals surface area contributed by atoms with E-state index in [1.165, 1.54) is 11.1 Å². The van der Waals surface area contributed by atoms with Crippen molar-refractivity contribution >= 4 is 0 Å². The number of aromatic nitrogens is 2. The summed E-state index contributed by atoms with van der Waals surface area (Å²) >= 11 is 0. The Morgan fingerprint density at radius 2 is 2.16 bits per heavy atom. The molecule has 2 N–H and O–H groups in total. The number of aryl methyl sites for hydroxylation is 1. The van der Waals surface area contributed by atoms with Crippen molar-refractivity contribution in [2.75, 3.05) is 0 Å². The van der Waals surface area contributed by atoms with Crippen molar-refractivity contribution in [3.8, 4) is 0 Å². The lowest BCUT2D eigenvalue weighted by Crippen LogP contribution is -2.18. The molecule has 1 heterocycles. The highest BCUT2D eigenvalue weighted by molar-refractivity contribution is 5.24. The van der Waals surface area contributed by atoms with Crippen molar-refractivity contribution in [3.63, 3.8) is 0 Å². The number of hydrogen-bond acceptors (Lipinski definition) is 4. The van der Waals surface area contributed by atoms with Crippen LogP contribution in [-0.4, -0.2) is 10.1 Å². The molecule has 0 bridgehead atoms. The Hall–Kier alpha value is -1.68. The van der Waals surface area contributed by atoms with E-state index in [2.05, 4.69) is 49.1 Å². The minimum Gasteiger partial charge on any atom is -0.338 e. The molecule has 2 aromatic rings. The molecule has 0 aliphatic carbocycles. The molecule has 0 spiro atoms. The third kappa shape index (κ3) is 3.41. The van der Waals surface area contributed by atoms with Crippen LogP contribution in [0.25, 0.3) is 0 Å². The van der Waals surface area contributed by atoms with Crippen LogP contribution in [0.5, 0.6) is 0 Å². The Labute approximate surface area is 114 Å². The molecule has 0 fully saturated rings. The maximum absolute atomic E-state index is 6.08. The van der Waals surface area contributed by atoms with E-state index in [1.807, 2.05) is 6.07 Å². The van der Waals surface area contributed by atoms with Crippen LogP contribution in [0.15, 0.2) is 28.8 Å². The van der Waals surface area contributed by atoms with Gasteiger partial charge in [-0.15, -0.1) is 0 Å². The summed E-state index contributed by atoms with van der Waals surface area (Å²) in [7, 11) is 0. The van der Waals surface area contributed by atoms with Gasteiger partial charge in [-0.1, -0.05) is 55.3 Å². The average molecular weight is 259 g/mol. The van der Waals surface area contributed by atoms with Crippen molar-refractivity contribution in [1.29, 1.82) is 0 Å². The van der Waals surface area contributed by atoms with Gasteiger partial charge in [0.15, 0.2) is 5.82 Å². The van der Waals surface area contributed by atoms with Gasteiger partial charge >= 0.3 is 0 Å². The van der Waals surface area contributed by atoms with Crippen LogP contribution in [0.1, 0.15) is 49.2 Å². The molecular formula is C15H21N3O. The van der Waals surface area contributed by atoms with Crippen molar-refractivity contribution in [2.45, 2.75) is 39.7 Å². The monoisotopic (exact) mass is 259 g/mol. The van der Waals surface area contributed by atoms with Gasteiger partial charge in [0.2, 0.25) is 5.89 Å². The first kappa shape index (κ1) is 13.7. The SMILES string of the molecule is CCC(C)C(N)c1nc(Cc2cccc(C)c2)no1. The predicted octanol–water partition coefficient (Wildman–Crippen LogP) is 3.01. The van der Waals surface area contributed by atoms with Gasteiger partial charge in [-0.05, 0) is 18.4 Å². The molecule has 0 aliphatic heterocycles. The molecule has 0 radical (unpaired) electrons. The normalized spacial score (nSPS) is 14.3. The minimum atomic E-state index is -0.177. The maximum Gasteiger partial charge on any atom is 0.243 e. The average Bonchev–Trinajstić information content (AvgIpc) is 2.85. The molecule has 2 rings (SSSR count). The van der Waals surface area contributed by atoms with E-state index in [1.54, 1.807) is 0 Å². The third-order valence-corrected chi connectivity index (χ3v) is 3.47. The molecule has 4 nitrogen and oxygen atoms in total. The lowest BCUT2D eigenvalue weighted by Gasteiger charge is -2.12. The van der Waals surface area contributed by atoms with Crippen molar-refractivity contribution in [2.24, 2.45) is 11.7 Å². The quantitative estimate of drug-likeness (QED) is 0.896. The summed E-state index contributed by atoms with van der Waals surface area (Å²) in [5.41, 5.74) is 8.50. The molecule has 4 heteroatoms. The van der Waals surface area contributed by atoms with Gasteiger partial charge < -0.3 is 10.3 Å². The van der Waals surface area contributed by atoms with Gasteiger partial charge in [0.25, 0.3) is 0 Å². The first-order chi connectivity index (χ1) is 9.10. The smallest absolute Gasteiger partial charge is 0.243 e. The second kappa shape index (κ2) is 5.97. The van der Waals surface area contributed by atoms with Crippen molar-refractivity contribution in [3.05, 3.63) is 47.1 Å². The van der Waals surface area contributed by atoms with E-state index in [-0.39, 0.29) is 6.04 Å². The van der Waals surface area contributed by atoms with Gasteiger partial charge in [-0.3, -0.25) is 0 Å². The van der Waals surface area contributed by atoms with Gasteiger partial charge in [-0.2, -0.15) is 4.98 Å². The lowest BCUT2D eigenvalue weighted by atomic mass is 10.0. The fourth-order valence-corrected chi connectivity index (χ4v) is 1.98. The van der Waals surface area contributed by atoms with Crippen LogP contribution >= 0.6 is 0 Å². The molecule has 1 aromatic heterocycles. The largest absolute Gasteiger partial charge is 0.338 e. The van der Waals surface area contributed by atoms with Crippen LogP contribution < -0.4 is 5.73 Å². The first-order valence-corrected chi connectivity index (χ1v) is 6.73. The van der Waals surface area contributed by atoms with Crippen LogP contribution in [-0.2, 0) is 6.42 Å². The highest BCUT2D eigenvalue weighted by atomic mass is 16.5. The summed E-state index contributed by atoms with van der Waals surface area (Å²) in [5, 5.41) is 4.01. The fraction of sp³-hybridized carbons (Fsp3) is 0.467. The topological polar surface area (TPSA) is 64.9 Å². The molecule has 2 atom stereocenters. The Bertz CT molecular complexity index is 536. The number of hydrogen-bond donors (Lipinski definition) is 1. The Morgan fingerprint density at radius 1 is 1.37 bits per heavy atom. The van der Waals surface area contributed by atoms with E-state index < -0.39 is 0 Å². The van der Waals surface area contributed by atoms with Gasteiger partial charge in [-0.25, -0.2) is 0 Å². The highest BCUT2D eigenvalue weighted by Gasteiger charge is 2.19. The molecule has 102 valence electrons.